The number of para-hydroxylation sites is 1. The predicted molar refractivity (Wildman–Crippen MR) is 110 cm³/mol. The number of rotatable bonds is 2. The SMILES string of the molecule is Cl.O=C1Oc2cc(N3CCNCC3)ccc2CC1c1nc2ccccc2s1. The van der Waals surface area contributed by atoms with Crippen LogP contribution in [0.3, 0.4) is 0 Å². The molecular weight excluding hydrogens is 382 g/mol. The molecule has 0 spiro atoms. The number of piperazine rings is 1. The molecule has 0 aliphatic carbocycles. The van der Waals surface area contributed by atoms with Gasteiger partial charge >= 0.3 is 5.97 Å². The van der Waals surface area contributed by atoms with Crippen LogP contribution in [0.5, 0.6) is 5.75 Å². The topological polar surface area (TPSA) is 54.5 Å². The molecule has 2 aliphatic heterocycles. The highest BCUT2D eigenvalue weighted by Crippen LogP contribution is 2.38. The number of halogens is 1. The quantitative estimate of drug-likeness (QED) is 0.527. The number of fused-ring (bicyclic) bond motifs is 2. The number of benzene rings is 2. The fraction of sp³-hybridized carbons (Fsp3) is 0.300. The number of hydrogen-bond donors (Lipinski definition) is 1. The number of anilines is 1. The summed E-state index contributed by atoms with van der Waals surface area (Å²) in [6.45, 7) is 3.91. The van der Waals surface area contributed by atoms with Gasteiger partial charge in [-0.05, 0) is 30.2 Å². The maximum absolute atomic E-state index is 12.6. The van der Waals surface area contributed by atoms with Crippen molar-refractivity contribution in [3.05, 3.63) is 53.0 Å². The van der Waals surface area contributed by atoms with Crippen molar-refractivity contribution in [3.8, 4) is 5.75 Å². The second kappa shape index (κ2) is 7.46. The van der Waals surface area contributed by atoms with E-state index >= 15 is 0 Å². The van der Waals surface area contributed by atoms with Crippen LogP contribution in [0.15, 0.2) is 42.5 Å². The number of carbonyl (C=O) groups excluding carboxylic acids is 1. The smallest absolute Gasteiger partial charge is 0.321 e. The zero-order valence-corrected chi connectivity index (χ0v) is 16.3. The molecule has 1 saturated heterocycles. The molecule has 1 aromatic heterocycles. The molecular formula is C20H20ClN3O2S. The molecule has 140 valence electrons. The van der Waals surface area contributed by atoms with E-state index < -0.39 is 0 Å². The lowest BCUT2D eigenvalue weighted by Crippen LogP contribution is -2.43. The first kappa shape index (κ1) is 18.2. The zero-order valence-electron chi connectivity index (χ0n) is 14.7. The van der Waals surface area contributed by atoms with Crippen LogP contribution in [0.4, 0.5) is 5.69 Å². The Morgan fingerprint density at radius 1 is 1.15 bits per heavy atom. The van der Waals surface area contributed by atoms with E-state index in [9.17, 15) is 4.79 Å². The third-order valence-corrected chi connectivity index (χ3v) is 6.21. The number of ether oxygens (including phenoxy) is 1. The summed E-state index contributed by atoms with van der Waals surface area (Å²) in [7, 11) is 0. The van der Waals surface area contributed by atoms with Gasteiger partial charge in [-0.1, -0.05) is 18.2 Å². The maximum Gasteiger partial charge on any atom is 0.321 e. The molecule has 27 heavy (non-hydrogen) atoms. The predicted octanol–water partition coefficient (Wildman–Crippen LogP) is 3.37. The number of thiazole rings is 1. The molecule has 0 radical (unpaired) electrons. The van der Waals surface area contributed by atoms with Crippen molar-refractivity contribution in [1.29, 1.82) is 0 Å². The normalized spacial score (nSPS) is 19.3. The second-order valence-electron chi connectivity index (χ2n) is 6.73. The van der Waals surface area contributed by atoms with E-state index in [1.165, 1.54) is 0 Å². The largest absolute Gasteiger partial charge is 0.426 e. The summed E-state index contributed by atoms with van der Waals surface area (Å²) in [5.41, 5.74) is 3.14. The van der Waals surface area contributed by atoms with E-state index in [4.69, 9.17) is 4.74 Å². The van der Waals surface area contributed by atoms with Crippen LogP contribution in [-0.4, -0.2) is 37.1 Å². The van der Waals surface area contributed by atoms with Crippen molar-refractivity contribution in [2.24, 2.45) is 0 Å². The van der Waals surface area contributed by atoms with Crippen molar-refractivity contribution < 1.29 is 9.53 Å². The van der Waals surface area contributed by atoms with Gasteiger partial charge in [-0.3, -0.25) is 4.79 Å². The molecule has 2 aromatic carbocycles. The molecule has 1 unspecified atom stereocenters. The van der Waals surface area contributed by atoms with Crippen LogP contribution >= 0.6 is 23.7 Å². The monoisotopic (exact) mass is 401 g/mol. The molecule has 0 bridgehead atoms. The minimum atomic E-state index is -0.315. The Kier molecular flexibility index (Phi) is 5.04. The maximum atomic E-state index is 12.6. The Morgan fingerprint density at radius 2 is 1.96 bits per heavy atom. The van der Waals surface area contributed by atoms with Crippen LogP contribution in [0.2, 0.25) is 0 Å². The molecule has 1 fully saturated rings. The average molecular weight is 402 g/mol. The average Bonchev–Trinajstić information content (AvgIpc) is 3.11. The minimum absolute atomic E-state index is 0. The van der Waals surface area contributed by atoms with Gasteiger partial charge in [-0.25, -0.2) is 4.98 Å². The van der Waals surface area contributed by atoms with E-state index in [-0.39, 0.29) is 24.3 Å². The van der Waals surface area contributed by atoms with Gasteiger partial charge in [0.05, 0.1) is 10.2 Å². The molecule has 1 atom stereocenters. The van der Waals surface area contributed by atoms with Crippen LogP contribution in [-0.2, 0) is 11.2 Å². The van der Waals surface area contributed by atoms with Gasteiger partial charge in [-0.15, -0.1) is 23.7 Å². The molecule has 3 heterocycles. The lowest BCUT2D eigenvalue weighted by molar-refractivity contribution is -0.137. The summed E-state index contributed by atoms with van der Waals surface area (Å²) >= 11 is 1.58. The summed E-state index contributed by atoms with van der Waals surface area (Å²) in [6, 6.07) is 14.2. The summed E-state index contributed by atoms with van der Waals surface area (Å²) in [5, 5.41) is 4.20. The first-order valence-electron chi connectivity index (χ1n) is 8.94. The van der Waals surface area contributed by atoms with Gasteiger partial charge < -0.3 is 15.0 Å². The van der Waals surface area contributed by atoms with E-state index in [0.29, 0.717) is 12.2 Å². The van der Waals surface area contributed by atoms with Gasteiger partial charge in [0.2, 0.25) is 0 Å². The number of esters is 1. The summed E-state index contributed by atoms with van der Waals surface area (Å²) in [5.74, 6) is 0.183. The van der Waals surface area contributed by atoms with Gasteiger partial charge in [0, 0.05) is 37.9 Å². The first-order valence-corrected chi connectivity index (χ1v) is 9.75. The third-order valence-electron chi connectivity index (χ3n) is 5.06. The molecule has 3 aromatic rings. The number of nitrogens with zero attached hydrogens (tertiary/aromatic N) is 2. The van der Waals surface area contributed by atoms with Crippen molar-refractivity contribution in [2.75, 3.05) is 31.1 Å². The second-order valence-corrected chi connectivity index (χ2v) is 7.79. The first-order chi connectivity index (χ1) is 12.8. The Morgan fingerprint density at radius 3 is 2.78 bits per heavy atom. The number of carbonyl (C=O) groups is 1. The van der Waals surface area contributed by atoms with Gasteiger partial charge in [0.1, 0.15) is 16.7 Å². The summed E-state index contributed by atoms with van der Waals surface area (Å²) < 4.78 is 6.82. The fourth-order valence-electron chi connectivity index (χ4n) is 3.64. The van der Waals surface area contributed by atoms with Crippen LogP contribution in [0.1, 0.15) is 16.5 Å². The van der Waals surface area contributed by atoms with E-state index in [2.05, 4.69) is 27.3 Å². The van der Waals surface area contributed by atoms with E-state index in [0.717, 1.165) is 52.7 Å². The minimum Gasteiger partial charge on any atom is -0.426 e. The molecule has 0 saturated carbocycles. The van der Waals surface area contributed by atoms with Crippen molar-refractivity contribution in [1.82, 2.24) is 10.3 Å². The lowest BCUT2D eigenvalue weighted by atomic mass is 9.96. The molecule has 1 N–H and O–H groups in total. The molecule has 5 nitrogen and oxygen atoms in total. The van der Waals surface area contributed by atoms with Crippen molar-refractivity contribution in [3.63, 3.8) is 0 Å². The van der Waals surface area contributed by atoms with Crippen molar-refractivity contribution in [2.45, 2.75) is 12.3 Å². The Labute approximate surface area is 167 Å². The van der Waals surface area contributed by atoms with Crippen LogP contribution < -0.4 is 15.0 Å². The zero-order chi connectivity index (χ0) is 17.5. The lowest BCUT2D eigenvalue weighted by Gasteiger charge is -2.31. The third kappa shape index (κ3) is 3.40. The highest BCUT2D eigenvalue weighted by atomic mass is 35.5. The Bertz CT molecular complexity index is 951. The van der Waals surface area contributed by atoms with Gasteiger partial charge in [-0.2, -0.15) is 0 Å². The van der Waals surface area contributed by atoms with Crippen LogP contribution in [0, 0.1) is 0 Å². The van der Waals surface area contributed by atoms with Crippen molar-refractivity contribution >= 4 is 45.6 Å². The van der Waals surface area contributed by atoms with Gasteiger partial charge in [0.25, 0.3) is 0 Å². The van der Waals surface area contributed by atoms with E-state index in [1.54, 1.807) is 11.3 Å². The standard InChI is InChI=1S/C20H19N3O2S.ClH/c24-20-15(19-22-16-3-1-2-4-18(16)26-19)11-13-5-6-14(12-17(13)25-20)23-9-7-21-8-10-23;/h1-6,12,15,21H,7-11H2;1H. The summed E-state index contributed by atoms with van der Waals surface area (Å²) in [6.07, 6.45) is 0.649. The van der Waals surface area contributed by atoms with E-state index in [1.807, 2.05) is 30.3 Å². The Hall–Kier alpha value is -2.15. The van der Waals surface area contributed by atoms with Crippen LogP contribution in [0.25, 0.3) is 10.2 Å². The molecule has 5 rings (SSSR count). The highest BCUT2D eigenvalue weighted by Gasteiger charge is 2.32. The molecule has 2 aliphatic rings. The number of nitrogens with one attached hydrogen (secondary N) is 1. The molecule has 0 amide bonds. The van der Waals surface area contributed by atoms with Gasteiger partial charge in [0.15, 0.2) is 0 Å². The summed E-state index contributed by atoms with van der Waals surface area (Å²) in [4.78, 5) is 19.6. The Balaban J connectivity index is 0.00000180. The number of hydrogen-bond acceptors (Lipinski definition) is 6. The fourth-order valence-corrected chi connectivity index (χ4v) is 4.69. The molecule has 7 heteroatoms. The number of aromatic nitrogens is 1. The highest BCUT2D eigenvalue weighted by molar-refractivity contribution is 7.18.